The zero-order valence-electron chi connectivity index (χ0n) is 11.2. The van der Waals surface area contributed by atoms with E-state index < -0.39 is 0 Å². The number of methoxy groups -OCH3 is 1. The average molecular weight is 257 g/mol. The molecule has 0 aliphatic heterocycles. The third-order valence-corrected chi connectivity index (χ3v) is 3.16. The SMILES string of the molecule is COC(=O)CCCNCc1cccc2ccccc12. The van der Waals surface area contributed by atoms with Crippen molar-refractivity contribution in [1.82, 2.24) is 5.32 Å². The summed E-state index contributed by atoms with van der Waals surface area (Å²) >= 11 is 0. The van der Waals surface area contributed by atoms with Crippen LogP contribution in [0.25, 0.3) is 10.8 Å². The Morgan fingerprint density at radius 3 is 2.79 bits per heavy atom. The first-order chi connectivity index (χ1) is 9.31. The van der Waals surface area contributed by atoms with Gasteiger partial charge in [-0.1, -0.05) is 42.5 Å². The maximum absolute atomic E-state index is 11.0. The van der Waals surface area contributed by atoms with Gasteiger partial charge in [-0.3, -0.25) is 4.79 Å². The van der Waals surface area contributed by atoms with E-state index in [0.29, 0.717) is 6.42 Å². The lowest BCUT2D eigenvalue weighted by molar-refractivity contribution is -0.140. The molecule has 0 aliphatic rings. The normalized spacial score (nSPS) is 10.6. The van der Waals surface area contributed by atoms with Crippen LogP contribution >= 0.6 is 0 Å². The summed E-state index contributed by atoms with van der Waals surface area (Å²) in [4.78, 5) is 11.0. The Kier molecular flexibility index (Phi) is 4.93. The highest BCUT2D eigenvalue weighted by Crippen LogP contribution is 2.18. The third-order valence-electron chi connectivity index (χ3n) is 3.16. The van der Waals surface area contributed by atoms with E-state index in [2.05, 4.69) is 52.5 Å². The van der Waals surface area contributed by atoms with E-state index in [-0.39, 0.29) is 5.97 Å². The molecule has 19 heavy (non-hydrogen) atoms. The van der Waals surface area contributed by atoms with Gasteiger partial charge in [-0.2, -0.15) is 0 Å². The molecule has 2 aromatic rings. The Morgan fingerprint density at radius 1 is 1.16 bits per heavy atom. The van der Waals surface area contributed by atoms with Gasteiger partial charge in [-0.05, 0) is 29.3 Å². The van der Waals surface area contributed by atoms with E-state index in [9.17, 15) is 4.79 Å². The van der Waals surface area contributed by atoms with Crippen LogP contribution < -0.4 is 5.32 Å². The molecule has 1 N–H and O–H groups in total. The number of hydrogen-bond acceptors (Lipinski definition) is 3. The standard InChI is InChI=1S/C16H19NO2/c1-19-16(18)10-5-11-17-12-14-8-4-7-13-6-2-3-9-15(13)14/h2-4,6-9,17H,5,10-12H2,1H3. The summed E-state index contributed by atoms with van der Waals surface area (Å²) in [6.07, 6.45) is 1.27. The maximum atomic E-state index is 11.0. The summed E-state index contributed by atoms with van der Waals surface area (Å²) in [5, 5.41) is 5.91. The van der Waals surface area contributed by atoms with Gasteiger partial charge in [0, 0.05) is 13.0 Å². The van der Waals surface area contributed by atoms with Gasteiger partial charge in [-0.15, -0.1) is 0 Å². The van der Waals surface area contributed by atoms with Crippen molar-refractivity contribution in [3.63, 3.8) is 0 Å². The molecular weight excluding hydrogens is 238 g/mol. The van der Waals surface area contributed by atoms with Crippen molar-refractivity contribution in [3.05, 3.63) is 48.0 Å². The first-order valence-electron chi connectivity index (χ1n) is 6.55. The fraction of sp³-hybridized carbons (Fsp3) is 0.312. The van der Waals surface area contributed by atoms with Crippen LogP contribution in [0, 0.1) is 0 Å². The zero-order chi connectivity index (χ0) is 13.5. The smallest absolute Gasteiger partial charge is 0.305 e. The second-order valence-corrected chi connectivity index (χ2v) is 4.49. The second kappa shape index (κ2) is 6.90. The van der Waals surface area contributed by atoms with E-state index in [1.54, 1.807) is 0 Å². The second-order valence-electron chi connectivity index (χ2n) is 4.49. The molecule has 0 unspecified atom stereocenters. The van der Waals surface area contributed by atoms with Gasteiger partial charge in [0.05, 0.1) is 7.11 Å². The summed E-state index contributed by atoms with van der Waals surface area (Å²) in [7, 11) is 1.42. The Balaban J connectivity index is 1.86. The van der Waals surface area contributed by atoms with Crippen molar-refractivity contribution in [2.75, 3.05) is 13.7 Å². The van der Waals surface area contributed by atoms with Gasteiger partial charge in [0.25, 0.3) is 0 Å². The predicted molar refractivity (Wildman–Crippen MR) is 76.9 cm³/mol. The zero-order valence-corrected chi connectivity index (χ0v) is 11.2. The molecule has 3 nitrogen and oxygen atoms in total. The summed E-state index contributed by atoms with van der Waals surface area (Å²) < 4.78 is 4.61. The van der Waals surface area contributed by atoms with E-state index in [1.165, 1.54) is 23.4 Å². The van der Waals surface area contributed by atoms with Gasteiger partial charge < -0.3 is 10.1 Å². The summed E-state index contributed by atoms with van der Waals surface area (Å²) in [6.45, 7) is 1.64. The minimum atomic E-state index is -0.146. The predicted octanol–water partition coefficient (Wildman–Crippen LogP) is 2.88. The highest BCUT2D eigenvalue weighted by molar-refractivity contribution is 5.85. The Bertz CT molecular complexity index is 546. The number of fused-ring (bicyclic) bond motifs is 1. The largest absolute Gasteiger partial charge is 0.469 e. The number of carbonyl (C=O) groups excluding carboxylic acids is 1. The molecule has 0 radical (unpaired) electrons. The molecule has 0 bridgehead atoms. The van der Waals surface area contributed by atoms with E-state index in [1.807, 2.05) is 0 Å². The molecule has 0 saturated heterocycles. The minimum absolute atomic E-state index is 0.146. The molecule has 0 saturated carbocycles. The number of rotatable bonds is 6. The number of esters is 1. The lowest BCUT2D eigenvalue weighted by Gasteiger charge is -2.08. The highest BCUT2D eigenvalue weighted by Gasteiger charge is 2.01. The molecule has 0 spiro atoms. The van der Waals surface area contributed by atoms with Crippen LogP contribution in [0.3, 0.4) is 0 Å². The lowest BCUT2D eigenvalue weighted by Crippen LogP contribution is -2.16. The Morgan fingerprint density at radius 2 is 1.95 bits per heavy atom. The van der Waals surface area contributed by atoms with Crippen LogP contribution in [-0.4, -0.2) is 19.6 Å². The third kappa shape index (κ3) is 3.80. The number of benzene rings is 2. The first kappa shape index (κ1) is 13.6. The fourth-order valence-electron chi connectivity index (χ4n) is 2.13. The minimum Gasteiger partial charge on any atom is -0.469 e. The van der Waals surface area contributed by atoms with Gasteiger partial charge >= 0.3 is 5.97 Å². The van der Waals surface area contributed by atoms with Crippen molar-refractivity contribution in [1.29, 1.82) is 0 Å². The summed E-state index contributed by atoms with van der Waals surface area (Å²) in [5.74, 6) is -0.146. The van der Waals surface area contributed by atoms with Crippen molar-refractivity contribution < 1.29 is 9.53 Å². The molecule has 0 aliphatic carbocycles. The average Bonchev–Trinajstić information content (AvgIpc) is 2.46. The van der Waals surface area contributed by atoms with Crippen molar-refractivity contribution in [2.24, 2.45) is 0 Å². The van der Waals surface area contributed by atoms with E-state index >= 15 is 0 Å². The summed E-state index contributed by atoms with van der Waals surface area (Å²) in [5.41, 5.74) is 1.29. The fourth-order valence-corrected chi connectivity index (χ4v) is 2.13. The number of carbonyl (C=O) groups is 1. The quantitative estimate of drug-likeness (QED) is 0.639. The molecule has 2 rings (SSSR count). The van der Waals surface area contributed by atoms with Crippen LogP contribution in [0.1, 0.15) is 18.4 Å². The molecule has 3 heteroatoms. The van der Waals surface area contributed by atoms with Gasteiger partial charge in [-0.25, -0.2) is 0 Å². The Labute approximate surface area is 113 Å². The van der Waals surface area contributed by atoms with Crippen molar-refractivity contribution >= 4 is 16.7 Å². The molecule has 100 valence electrons. The van der Waals surface area contributed by atoms with E-state index in [0.717, 1.165) is 19.5 Å². The van der Waals surface area contributed by atoms with E-state index in [4.69, 9.17) is 0 Å². The number of ether oxygens (including phenoxy) is 1. The number of nitrogens with one attached hydrogen (secondary N) is 1. The molecule has 0 aromatic heterocycles. The topological polar surface area (TPSA) is 38.3 Å². The number of hydrogen-bond donors (Lipinski definition) is 1. The van der Waals surface area contributed by atoms with Crippen LogP contribution in [0.15, 0.2) is 42.5 Å². The molecule has 0 heterocycles. The van der Waals surface area contributed by atoms with Crippen LogP contribution in [0.5, 0.6) is 0 Å². The van der Waals surface area contributed by atoms with Gasteiger partial charge in [0.15, 0.2) is 0 Å². The van der Waals surface area contributed by atoms with Gasteiger partial charge in [0.1, 0.15) is 0 Å². The van der Waals surface area contributed by atoms with Crippen LogP contribution in [-0.2, 0) is 16.1 Å². The van der Waals surface area contributed by atoms with Crippen molar-refractivity contribution in [2.45, 2.75) is 19.4 Å². The molecule has 0 atom stereocenters. The molecule has 0 fully saturated rings. The Hall–Kier alpha value is -1.87. The maximum Gasteiger partial charge on any atom is 0.305 e. The highest BCUT2D eigenvalue weighted by atomic mass is 16.5. The molecular formula is C16H19NO2. The molecule has 2 aromatic carbocycles. The monoisotopic (exact) mass is 257 g/mol. The lowest BCUT2D eigenvalue weighted by atomic mass is 10.0. The van der Waals surface area contributed by atoms with Gasteiger partial charge in [0.2, 0.25) is 0 Å². The molecule has 0 amide bonds. The summed E-state index contributed by atoms with van der Waals surface area (Å²) in [6, 6.07) is 14.7. The first-order valence-corrected chi connectivity index (χ1v) is 6.55. The van der Waals surface area contributed by atoms with Crippen LogP contribution in [0.2, 0.25) is 0 Å². The van der Waals surface area contributed by atoms with Crippen LogP contribution in [0.4, 0.5) is 0 Å². The van der Waals surface area contributed by atoms with Crippen molar-refractivity contribution in [3.8, 4) is 0 Å².